The predicted molar refractivity (Wildman–Crippen MR) is 196 cm³/mol. The molecule has 0 fully saturated rings. The van der Waals surface area contributed by atoms with Gasteiger partial charge in [-0.1, -0.05) is 92.4 Å². The maximum absolute atomic E-state index is 11.7. The zero-order chi connectivity index (χ0) is 32.8. The number of hydrogen-bond donors (Lipinski definition) is 1. The van der Waals surface area contributed by atoms with E-state index in [-0.39, 0.29) is 43.5 Å². The van der Waals surface area contributed by atoms with Crippen molar-refractivity contribution in [2.45, 2.75) is 107 Å². The molecule has 0 atom stereocenters. The molecular weight excluding hydrogens is 767 g/mol. The first-order valence-electron chi connectivity index (χ1n) is 16.5. The van der Waals surface area contributed by atoms with Crippen molar-refractivity contribution < 1.29 is 30.0 Å². The van der Waals surface area contributed by atoms with Crippen LogP contribution in [0.2, 0.25) is 19.6 Å². The van der Waals surface area contributed by atoms with Crippen LogP contribution < -0.4 is 5.19 Å². The Balaban J connectivity index is 0.000000378. The molecule has 0 bridgehead atoms. The van der Waals surface area contributed by atoms with Gasteiger partial charge < -0.3 is 10.1 Å². The van der Waals surface area contributed by atoms with Crippen molar-refractivity contribution in [1.29, 1.82) is 0 Å². The van der Waals surface area contributed by atoms with Crippen LogP contribution in [0.15, 0.2) is 48.4 Å². The number of aryl methyl sites for hydroxylation is 2. The first kappa shape index (κ1) is 39.1. The van der Waals surface area contributed by atoms with E-state index in [1.807, 2.05) is 45.2 Å². The first-order chi connectivity index (χ1) is 20.7. The van der Waals surface area contributed by atoms with Gasteiger partial charge in [-0.2, -0.15) is 0 Å². The number of allylic oxidation sites excluding steroid dienone is 2. The number of thiophene rings is 1. The van der Waals surface area contributed by atoms with Crippen molar-refractivity contribution in [3.05, 3.63) is 71.1 Å². The molecule has 0 saturated carbocycles. The van der Waals surface area contributed by atoms with Crippen LogP contribution in [-0.2, 0) is 31.3 Å². The van der Waals surface area contributed by atoms with E-state index in [4.69, 9.17) is 4.98 Å². The van der Waals surface area contributed by atoms with E-state index >= 15 is 0 Å². The summed E-state index contributed by atoms with van der Waals surface area (Å²) in [7, 11) is -1.42. The van der Waals surface area contributed by atoms with Crippen LogP contribution in [0.4, 0.5) is 0 Å². The summed E-state index contributed by atoms with van der Waals surface area (Å²) < 4.78 is 2.76. The van der Waals surface area contributed by atoms with Gasteiger partial charge in [0.05, 0.1) is 13.8 Å². The number of carbonyl (C=O) groups is 1. The summed E-state index contributed by atoms with van der Waals surface area (Å²) in [5, 5.41) is 14.1. The van der Waals surface area contributed by atoms with E-state index in [2.05, 4.69) is 83.7 Å². The Bertz CT molecular complexity index is 1590. The minimum atomic E-state index is -1.42. The summed E-state index contributed by atoms with van der Waals surface area (Å²) in [6, 6.07) is 14.9. The van der Waals surface area contributed by atoms with Gasteiger partial charge >= 0.3 is 0 Å². The molecule has 3 nitrogen and oxygen atoms in total. The fourth-order valence-corrected chi connectivity index (χ4v) is 9.29. The van der Waals surface area contributed by atoms with Gasteiger partial charge in [-0.15, -0.1) is 46.2 Å². The number of nitrogens with zero attached hydrogens (tertiary/aromatic N) is 1. The third kappa shape index (κ3) is 9.70. The number of rotatable bonds is 11. The van der Waals surface area contributed by atoms with E-state index in [1.165, 1.54) is 37.4 Å². The van der Waals surface area contributed by atoms with E-state index in [1.54, 1.807) is 10.8 Å². The maximum Gasteiger partial charge on any atom is 0.162 e. The average molecular weight is 821 g/mol. The Hall–Kier alpha value is -2.11. The second kappa shape index (κ2) is 17.2. The fourth-order valence-electron chi connectivity index (χ4n) is 6.13. The molecule has 0 unspecified atom stereocenters. The number of fused-ring (bicyclic) bond motifs is 3. The van der Waals surface area contributed by atoms with Crippen LogP contribution >= 0.6 is 11.3 Å². The predicted octanol–water partition coefficient (Wildman–Crippen LogP) is 11.1. The third-order valence-corrected chi connectivity index (χ3v) is 11.9. The summed E-state index contributed by atoms with van der Waals surface area (Å²) in [6.07, 6.45) is 8.01. The summed E-state index contributed by atoms with van der Waals surface area (Å²) >= 11 is 1.93. The Labute approximate surface area is 291 Å². The van der Waals surface area contributed by atoms with Crippen LogP contribution in [0.3, 0.4) is 0 Å². The molecule has 2 aromatic heterocycles. The standard InChI is InChI=1S/C26H30NSSi.C13H24O2.Ir/c1-16(2)12-22-23(29(5,6)7)9-8-20-21-10-11-27-24(26(21)28-25(20)22)19-14-17(3)13-18(4)15-19;1-5-10(6-2)12(14)9-13(15)11(7-3)8-4;/h8-11,13-14,16H,12H2,1-7H3;9-11,14H,5-8H2,1-4H3;/q-1;;/b;12-9-;. The van der Waals surface area contributed by atoms with Gasteiger partial charge in [0.1, 0.15) is 0 Å². The van der Waals surface area contributed by atoms with Crippen molar-refractivity contribution in [3.8, 4) is 11.3 Å². The summed E-state index contributed by atoms with van der Waals surface area (Å²) in [6.45, 7) is 24.4. The smallest absolute Gasteiger partial charge is 0.162 e. The molecule has 6 heteroatoms. The second-order valence-electron chi connectivity index (χ2n) is 13.7. The van der Waals surface area contributed by atoms with Gasteiger partial charge in [-0.3, -0.25) is 4.79 Å². The summed E-state index contributed by atoms with van der Waals surface area (Å²) in [5.41, 5.74) is 6.18. The molecule has 1 radical (unpaired) electrons. The maximum atomic E-state index is 11.7. The zero-order valence-corrected chi connectivity index (χ0v) is 33.6. The number of aliphatic hydroxyl groups is 1. The van der Waals surface area contributed by atoms with Crippen molar-refractivity contribution in [2.24, 2.45) is 17.8 Å². The van der Waals surface area contributed by atoms with Gasteiger partial charge in [-0.05, 0) is 60.4 Å². The number of pyridine rings is 1. The molecule has 247 valence electrons. The number of hydrogen-bond acceptors (Lipinski definition) is 4. The molecule has 0 aliphatic rings. The van der Waals surface area contributed by atoms with E-state index in [0.29, 0.717) is 5.92 Å². The quantitative estimate of drug-likeness (QED) is 0.0710. The number of carbonyl (C=O) groups excluding carboxylic acids is 1. The SMILES string of the molecule is CCC(CC)C(=O)/C=C(\O)C(CC)CC.Cc1[c-]c(-c2nccc3c2sc2c(CC(C)C)c([Si](C)(C)C)ccc23)cc(C)c1.[Ir]. The molecule has 2 aromatic carbocycles. The van der Waals surface area contributed by atoms with Crippen LogP contribution in [0.25, 0.3) is 31.4 Å². The molecule has 0 aliphatic carbocycles. The Kier molecular flexibility index (Phi) is 14.9. The van der Waals surface area contributed by atoms with Gasteiger partial charge in [0.15, 0.2) is 5.78 Å². The Morgan fingerprint density at radius 1 is 0.933 bits per heavy atom. The topological polar surface area (TPSA) is 50.2 Å². The summed E-state index contributed by atoms with van der Waals surface area (Å²) in [5.74, 6) is 1.19. The molecule has 0 aliphatic heterocycles. The van der Waals surface area contributed by atoms with Crippen LogP contribution in [0.5, 0.6) is 0 Å². The van der Waals surface area contributed by atoms with E-state index in [9.17, 15) is 9.90 Å². The van der Waals surface area contributed by atoms with Gasteiger partial charge in [-0.25, -0.2) is 0 Å². The zero-order valence-electron chi connectivity index (χ0n) is 29.4. The molecule has 0 saturated heterocycles. The fraction of sp³-hybridized carbons (Fsp3) is 0.487. The molecule has 2 heterocycles. The number of aliphatic hydroxyl groups excluding tert-OH is 1. The van der Waals surface area contributed by atoms with Crippen molar-refractivity contribution in [2.75, 3.05) is 0 Å². The van der Waals surface area contributed by atoms with Crippen LogP contribution in [0.1, 0.15) is 83.9 Å². The molecular formula is C39H54IrNO2SSi-. The van der Waals surface area contributed by atoms with Gasteiger partial charge in [0.2, 0.25) is 0 Å². The second-order valence-corrected chi connectivity index (χ2v) is 19.8. The normalized spacial score (nSPS) is 12.2. The van der Waals surface area contributed by atoms with Gasteiger partial charge in [0.25, 0.3) is 0 Å². The third-order valence-electron chi connectivity index (χ3n) is 8.56. The van der Waals surface area contributed by atoms with Crippen molar-refractivity contribution >= 4 is 50.6 Å². The van der Waals surface area contributed by atoms with E-state index in [0.717, 1.165) is 43.4 Å². The number of aromatic nitrogens is 1. The number of ketones is 1. The average Bonchev–Trinajstić information content (AvgIpc) is 3.33. The molecule has 1 N–H and O–H groups in total. The molecule has 4 rings (SSSR count). The molecule has 45 heavy (non-hydrogen) atoms. The molecule has 0 amide bonds. The monoisotopic (exact) mass is 821 g/mol. The first-order valence-corrected chi connectivity index (χ1v) is 20.9. The minimum absolute atomic E-state index is 0. The van der Waals surface area contributed by atoms with E-state index < -0.39 is 8.07 Å². The Morgan fingerprint density at radius 3 is 2.07 bits per heavy atom. The Morgan fingerprint density at radius 2 is 1.53 bits per heavy atom. The molecule has 0 spiro atoms. The summed E-state index contributed by atoms with van der Waals surface area (Å²) in [4.78, 5) is 16.5. The van der Waals surface area contributed by atoms with Crippen molar-refractivity contribution in [3.63, 3.8) is 0 Å². The molecule has 4 aromatic rings. The van der Waals surface area contributed by atoms with Gasteiger partial charge in [0, 0.05) is 59.3 Å². The largest absolute Gasteiger partial charge is 0.512 e. The van der Waals surface area contributed by atoms with Crippen molar-refractivity contribution in [1.82, 2.24) is 4.98 Å². The van der Waals surface area contributed by atoms with Crippen LogP contribution in [-0.4, -0.2) is 23.9 Å². The number of benzene rings is 2. The minimum Gasteiger partial charge on any atom is -0.512 e. The van der Waals surface area contributed by atoms with Crippen LogP contribution in [0, 0.1) is 37.7 Å².